The van der Waals surface area contributed by atoms with Gasteiger partial charge in [-0.3, -0.25) is 67.3 Å². The molecule has 0 unspecified atom stereocenters. The molecule has 1 aliphatic rings. The Labute approximate surface area is 485 Å². The summed E-state index contributed by atoms with van der Waals surface area (Å²) in [5.74, 6) is -16.5. The highest BCUT2D eigenvalue weighted by molar-refractivity contribution is 7.98. The van der Waals surface area contributed by atoms with Crippen LogP contribution in [0.25, 0.3) is 0 Å². The van der Waals surface area contributed by atoms with Crippen LogP contribution in [0.2, 0.25) is 0 Å². The third kappa shape index (κ3) is 25.6. The lowest BCUT2D eigenvalue weighted by atomic mass is 10.0. The number of aliphatic hydroxyl groups excluding tert-OH is 1. The van der Waals surface area contributed by atoms with Gasteiger partial charge in [-0.05, 0) is 76.4 Å². The van der Waals surface area contributed by atoms with Gasteiger partial charge in [0, 0.05) is 32.4 Å². The molecule has 33 nitrogen and oxygen atoms in total. The van der Waals surface area contributed by atoms with Crippen molar-refractivity contribution in [3.63, 3.8) is 0 Å². The van der Waals surface area contributed by atoms with Gasteiger partial charge in [0.15, 0.2) is 5.96 Å². The first kappa shape index (κ1) is 71.4. The van der Waals surface area contributed by atoms with Gasteiger partial charge in [-0.1, -0.05) is 30.3 Å². The predicted molar refractivity (Wildman–Crippen MR) is 296 cm³/mol. The molecular weight excluding hydrogens is 1130 g/mol. The molecule has 84 heavy (non-hydrogen) atoms. The second kappa shape index (κ2) is 36.0. The van der Waals surface area contributed by atoms with E-state index in [1.807, 2.05) is 16.0 Å². The standard InChI is InChI=1S/C50H76N14O19S/c1-24(40(73)59-30(17-20-84-3)48(81)64-19-8-12-34(64)46(79)62-32(21-26-9-5-4-6-10-26)44(77)60-31(49(82)83)11-7-18-55-50(53)54)56-42(75)28(13-15-35(52)66)58-47(80)39(25(2)65)63-45(78)33(23-38(71)72)61-43(76)29(14-16-36(67)68)57-41(74)27(51)22-37(69)70/h4-6,9-10,24-25,27-34,39,65H,7-8,11-23,51H2,1-3H3,(H2,52,66)(H,56,75)(H,57,74)(H,58,80)(H,59,73)(H,60,77)(H,61,76)(H,62,79)(H,63,78)(H,67,68)(H,69,70)(H,71,72)(H,82,83)(H4,53,54,55)/t24-,25+,27-,28-,29-,30-,31-,32-,33-,34-,39-/m0/s1. The number of nitrogens with two attached hydrogens (primary N) is 4. The van der Waals surface area contributed by atoms with E-state index in [-0.39, 0.29) is 51.2 Å². The lowest BCUT2D eigenvalue weighted by Gasteiger charge is -2.31. The lowest BCUT2D eigenvalue weighted by Crippen LogP contribution is -2.62. The number of benzene rings is 1. The van der Waals surface area contributed by atoms with E-state index in [9.17, 15) is 87.5 Å². The summed E-state index contributed by atoms with van der Waals surface area (Å²) in [7, 11) is 0. The van der Waals surface area contributed by atoms with Crippen LogP contribution in [0.3, 0.4) is 0 Å². The van der Waals surface area contributed by atoms with Crippen LogP contribution in [0, 0.1) is 0 Å². The third-order valence-corrected chi connectivity index (χ3v) is 13.3. The number of primary amides is 1. The minimum absolute atomic E-state index is 0.0158. The number of nitrogens with one attached hydrogen (secondary N) is 8. The van der Waals surface area contributed by atoms with Crippen molar-refractivity contribution in [3.05, 3.63) is 35.9 Å². The van der Waals surface area contributed by atoms with E-state index < -0.39 is 188 Å². The average Bonchev–Trinajstić information content (AvgIpc) is 4.00. The molecule has 1 aliphatic heterocycles. The zero-order valence-corrected chi connectivity index (χ0v) is 47.2. The van der Waals surface area contributed by atoms with Crippen molar-refractivity contribution < 1.29 is 92.7 Å². The van der Waals surface area contributed by atoms with Gasteiger partial charge in [-0.25, -0.2) is 4.79 Å². The van der Waals surface area contributed by atoms with Gasteiger partial charge >= 0.3 is 23.9 Å². The summed E-state index contributed by atoms with van der Waals surface area (Å²) in [6.45, 7) is 2.33. The lowest BCUT2D eigenvalue weighted by molar-refractivity contribution is -0.143. The van der Waals surface area contributed by atoms with Crippen LogP contribution < -0.4 is 65.5 Å². The molecule has 0 spiro atoms. The number of thioether (sulfide) groups is 1. The molecule has 1 aromatic carbocycles. The minimum Gasteiger partial charge on any atom is -0.481 e. The van der Waals surface area contributed by atoms with E-state index >= 15 is 0 Å². The Kier molecular flexibility index (Phi) is 30.6. The number of carboxylic acid groups (broad SMARTS) is 4. The number of carbonyl (C=O) groups excluding carboxylic acids is 10. The van der Waals surface area contributed by atoms with Crippen LogP contribution in [0.1, 0.15) is 90.0 Å². The summed E-state index contributed by atoms with van der Waals surface area (Å²) in [5.41, 5.74) is 22.2. The van der Waals surface area contributed by atoms with Crippen LogP contribution in [0.15, 0.2) is 35.3 Å². The first-order valence-electron chi connectivity index (χ1n) is 26.4. The molecule has 0 bridgehead atoms. The van der Waals surface area contributed by atoms with Crippen molar-refractivity contribution >= 4 is 101 Å². The number of aliphatic hydroxyl groups is 1. The third-order valence-electron chi connectivity index (χ3n) is 12.7. The molecular formula is C50H76N14O19S. The smallest absolute Gasteiger partial charge is 0.326 e. The van der Waals surface area contributed by atoms with E-state index in [1.165, 1.54) is 23.6 Å². The van der Waals surface area contributed by atoms with Gasteiger partial charge in [0.05, 0.1) is 25.0 Å². The first-order chi connectivity index (χ1) is 39.4. The molecule has 0 aromatic heterocycles. The zero-order valence-electron chi connectivity index (χ0n) is 46.4. The topological polar surface area (TPSA) is 556 Å². The fraction of sp³-hybridized carbons (Fsp3) is 0.580. The SMILES string of the molecule is CSCC[C@H](NC(=O)[C@H](C)NC(=O)[C@H](CCC(N)=O)NC(=O)[C@@H](NC(=O)[C@H](CC(=O)O)NC(=O)[C@H](CCC(=O)O)NC(=O)[C@@H](N)CC(=O)O)[C@@H](C)O)C(=O)N1CCC[C@H]1C(=O)N[C@@H](Cc1ccccc1)C(=O)N[C@@H](CCCN=C(N)N)C(=O)O. The highest BCUT2D eigenvalue weighted by atomic mass is 32.2. The highest BCUT2D eigenvalue weighted by Crippen LogP contribution is 2.21. The number of carboxylic acids is 4. The fourth-order valence-electron chi connectivity index (χ4n) is 8.26. The summed E-state index contributed by atoms with van der Waals surface area (Å²) in [5, 5.41) is 66.7. The second-order valence-corrected chi connectivity index (χ2v) is 20.5. The molecule has 21 N–H and O–H groups in total. The molecule has 1 aromatic rings. The molecule has 1 saturated heterocycles. The van der Waals surface area contributed by atoms with Crippen LogP contribution in [-0.4, -0.2) is 211 Å². The number of likely N-dealkylation sites (tertiary alicyclic amines) is 1. The summed E-state index contributed by atoms with van der Waals surface area (Å²) in [6.07, 6.45) is -4.21. The van der Waals surface area contributed by atoms with E-state index in [1.54, 1.807) is 36.6 Å². The highest BCUT2D eigenvalue weighted by Gasteiger charge is 2.41. The molecule has 34 heteroatoms. The van der Waals surface area contributed by atoms with E-state index in [0.29, 0.717) is 17.7 Å². The number of guanidine groups is 1. The number of hydrogen-bond donors (Lipinski definition) is 17. The second-order valence-electron chi connectivity index (χ2n) is 19.5. The molecule has 11 atom stereocenters. The van der Waals surface area contributed by atoms with Crippen molar-refractivity contribution in [1.82, 2.24) is 47.4 Å². The van der Waals surface area contributed by atoms with Gasteiger partial charge in [-0.15, -0.1) is 0 Å². The van der Waals surface area contributed by atoms with Gasteiger partial charge in [0.25, 0.3) is 0 Å². The van der Waals surface area contributed by atoms with Crippen molar-refractivity contribution in [2.45, 2.75) is 157 Å². The minimum atomic E-state index is -2.11. The van der Waals surface area contributed by atoms with E-state index in [0.717, 1.165) is 6.92 Å². The Morgan fingerprint density at radius 2 is 1.17 bits per heavy atom. The Morgan fingerprint density at radius 1 is 0.619 bits per heavy atom. The molecule has 10 amide bonds. The monoisotopic (exact) mass is 1210 g/mol. The Hall–Kier alpha value is -8.66. The number of rotatable bonds is 38. The van der Waals surface area contributed by atoms with Gasteiger partial charge in [0.2, 0.25) is 59.1 Å². The molecule has 0 aliphatic carbocycles. The maximum atomic E-state index is 14.4. The van der Waals surface area contributed by atoms with Crippen LogP contribution in [0.5, 0.6) is 0 Å². The van der Waals surface area contributed by atoms with Gasteiger partial charge < -0.3 is 95.9 Å². The molecule has 1 fully saturated rings. The van der Waals surface area contributed by atoms with Crippen LogP contribution in [-0.2, 0) is 73.5 Å². The normalized spacial score (nSPS) is 16.3. The quantitative estimate of drug-likeness (QED) is 0.0166. The Bertz CT molecular complexity index is 2560. The molecule has 0 radical (unpaired) electrons. The number of nitrogens with zero attached hydrogens (tertiary/aromatic N) is 2. The number of hydrogen-bond acceptors (Lipinski definition) is 18. The zero-order chi connectivity index (χ0) is 63.4. The summed E-state index contributed by atoms with van der Waals surface area (Å²) < 4.78 is 0. The number of carbonyl (C=O) groups is 14. The number of aliphatic imine (C=N–C) groups is 1. The maximum Gasteiger partial charge on any atom is 0.326 e. The van der Waals surface area contributed by atoms with Crippen LogP contribution in [0.4, 0.5) is 0 Å². The Balaban J connectivity index is 2.32. The maximum absolute atomic E-state index is 14.4. The van der Waals surface area contributed by atoms with Crippen LogP contribution >= 0.6 is 11.8 Å². The van der Waals surface area contributed by atoms with Crippen molar-refractivity contribution in [2.75, 3.05) is 25.1 Å². The van der Waals surface area contributed by atoms with Gasteiger partial charge in [0.1, 0.15) is 54.4 Å². The van der Waals surface area contributed by atoms with Crippen molar-refractivity contribution in [3.8, 4) is 0 Å². The fourth-order valence-corrected chi connectivity index (χ4v) is 8.73. The average molecular weight is 1210 g/mol. The molecule has 466 valence electrons. The Morgan fingerprint density at radius 3 is 1.73 bits per heavy atom. The van der Waals surface area contributed by atoms with E-state index in [4.69, 9.17) is 28.0 Å². The van der Waals surface area contributed by atoms with Gasteiger partial charge in [-0.2, -0.15) is 11.8 Å². The summed E-state index contributed by atoms with van der Waals surface area (Å²) in [6, 6.07) is -7.60. The number of amides is 10. The molecule has 2 rings (SSSR count). The molecule has 0 saturated carbocycles. The largest absolute Gasteiger partial charge is 0.481 e. The number of aliphatic carboxylic acids is 4. The van der Waals surface area contributed by atoms with Crippen molar-refractivity contribution in [2.24, 2.45) is 27.9 Å². The summed E-state index contributed by atoms with van der Waals surface area (Å²) >= 11 is 1.32. The first-order valence-corrected chi connectivity index (χ1v) is 27.8. The summed E-state index contributed by atoms with van der Waals surface area (Å²) in [4.78, 5) is 186. The van der Waals surface area contributed by atoms with Crippen molar-refractivity contribution in [1.29, 1.82) is 0 Å². The molecule has 1 heterocycles. The predicted octanol–water partition coefficient (Wildman–Crippen LogP) is -6.20. The van der Waals surface area contributed by atoms with E-state index in [2.05, 4.69) is 31.6 Å².